The van der Waals surface area contributed by atoms with Crippen molar-refractivity contribution in [2.24, 2.45) is 5.92 Å². The van der Waals surface area contributed by atoms with Crippen LogP contribution in [0.3, 0.4) is 0 Å². The van der Waals surface area contributed by atoms with Gasteiger partial charge in [-0.3, -0.25) is 4.79 Å². The molecule has 5 nitrogen and oxygen atoms in total. The first-order chi connectivity index (χ1) is 9.47. The second-order valence-electron chi connectivity index (χ2n) is 5.66. The van der Waals surface area contributed by atoms with Gasteiger partial charge in [0.1, 0.15) is 11.3 Å². The molecular formula is C15H21NO4. The first kappa shape index (κ1) is 14.6. The fourth-order valence-electron chi connectivity index (χ4n) is 2.88. The van der Waals surface area contributed by atoms with Gasteiger partial charge in [0.15, 0.2) is 5.76 Å². The topological polar surface area (TPSA) is 79.5 Å². The normalized spacial score (nSPS) is 26.2. The maximum absolute atomic E-state index is 12.2. The van der Waals surface area contributed by atoms with E-state index in [4.69, 9.17) is 4.42 Å². The van der Waals surface area contributed by atoms with Gasteiger partial charge in [-0.1, -0.05) is 26.7 Å². The molecule has 1 aliphatic rings. The van der Waals surface area contributed by atoms with Crippen LogP contribution in [0.15, 0.2) is 16.5 Å². The number of carboxylic acids is 1. The van der Waals surface area contributed by atoms with E-state index >= 15 is 0 Å². The average molecular weight is 279 g/mol. The summed E-state index contributed by atoms with van der Waals surface area (Å²) in [4.78, 5) is 23.8. The Morgan fingerprint density at radius 3 is 2.80 bits per heavy atom. The van der Waals surface area contributed by atoms with Crippen LogP contribution in [0, 0.1) is 5.92 Å². The number of carbonyl (C=O) groups excluding carboxylic acids is 1. The van der Waals surface area contributed by atoms with E-state index in [0.29, 0.717) is 25.2 Å². The summed E-state index contributed by atoms with van der Waals surface area (Å²) in [5, 5.41) is 12.2. The maximum atomic E-state index is 12.2. The predicted molar refractivity (Wildman–Crippen MR) is 73.6 cm³/mol. The molecule has 0 aliphatic heterocycles. The van der Waals surface area contributed by atoms with E-state index in [1.165, 1.54) is 0 Å². The SMILES string of the molecule is CCc1ccc(C(=O)NC2(C(=O)O)CCCC(C)C2)o1. The number of rotatable bonds is 4. The van der Waals surface area contributed by atoms with Gasteiger partial charge in [0.05, 0.1) is 0 Å². The molecule has 2 N–H and O–H groups in total. The first-order valence-corrected chi connectivity index (χ1v) is 7.11. The predicted octanol–water partition coefficient (Wildman–Crippen LogP) is 2.61. The summed E-state index contributed by atoms with van der Waals surface area (Å²) < 4.78 is 5.38. The van der Waals surface area contributed by atoms with Gasteiger partial charge in [0.25, 0.3) is 5.91 Å². The molecule has 0 radical (unpaired) electrons. The Hall–Kier alpha value is -1.78. The first-order valence-electron chi connectivity index (χ1n) is 7.11. The van der Waals surface area contributed by atoms with Crippen LogP contribution in [-0.2, 0) is 11.2 Å². The summed E-state index contributed by atoms with van der Waals surface area (Å²) >= 11 is 0. The van der Waals surface area contributed by atoms with Gasteiger partial charge in [0, 0.05) is 6.42 Å². The molecule has 1 aromatic rings. The van der Waals surface area contributed by atoms with Crippen molar-refractivity contribution in [1.82, 2.24) is 5.32 Å². The third kappa shape index (κ3) is 2.86. The lowest BCUT2D eigenvalue weighted by molar-refractivity contribution is -0.146. The molecule has 2 atom stereocenters. The lowest BCUT2D eigenvalue weighted by Gasteiger charge is -2.36. The molecule has 1 aromatic heterocycles. The van der Waals surface area contributed by atoms with Crippen molar-refractivity contribution in [3.8, 4) is 0 Å². The second kappa shape index (κ2) is 5.69. The Kier molecular flexibility index (Phi) is 4.16. The van der Waals surface area contributed by atoms with Gasteiger partial charge in [-0.05, 0) is 30.9 Å². The number of aryl methyl sites for hydroxylation is 1. The van der Waals surface area contributed by atoms with Crippen molar-refractivity contribution >= 4 is 11.9 Å². The van der Waals surface area contributed by atoms with E-state index < -0.39 is 17.4 Å². The van der Waals surface area contributed by atoms with Crippen LogP contribution in [0.4, 0.5) is 0 Å². The van der Waals surface area contributed by atoms with Gasteiger partial charge in [-0.2, -0.15) is 0 Å². The molecule has 110 valence electrons. The number of aliphatic carboxylic acids is 1. The zero-order valence-electron chi connectivity index (χ0n) is 11.9. The molecule has 2 rings (SSSR count). The van der Waals surface area contributed by atoms with Crippen LogP contribution < -0.4 is 5.32 Å². The number of nitrogens with one attached hydrogen (secondary N) is 1. The third-order valence-electron chi connectivity index (χ3n) is 3.99. The third-order valence-corrected chi connectivity index (χ3v) is 3.99. The molecule has 0 bridgehead atoms. The Balaban J connectivity index is 2.15. The van der Waals surface area contributed by atoms with E-state index in [9.17, 15) is 14.7 Å². The highest BCUT2D eigenvalue weighted by atomic mass is 16.4. The number of carbonyl (C=O) groups is 2. The Labute approximate surface area is 118 Å². The largest absolute Gasteiger partial charge is 0.480 e. The highest BCUT2D eigenvalue weighted by Crippen LogP contribution is 2.33. The lowest BCUT2D eigenvalue weighted by Crippen LogP contribution is -2.56. The molecule has 20 heavy (non-hydrogen) atoms. The molecule has 0 saturated heterocycles. The van der Waals surface area contributed by atoms with E-state index in [-0.39, 0.29) is 5.76 Å². The maximum Gasteiger partial charge on any atom is 0.329 e. The van der Waals surface area contributed by atoms with E-state index in [2.05, 4.69) is 5.32 Å². The summed E-state index contributed by atoms with van der Waals surface area (Å²) in [7, 11) is 0. The molecule has 0 aromatic carbocycles. The number of furan rings is 1. The van der Waals surface area contributed by atoms with Gasteiger partial charge in [0.2, 0.25) is 0 Å². The Morgan fingerprint density at radius 1 is 1.50 bits per heavy atom. The highest BCUT2D eigenvalue weighted by molar-refractivity contribution is 5.95. The standard InChI is InChI=1S/C15H21NO4/c1-3-11-6-7-12(20-11)13(17)16-15(14(18)19)8-4-5-10(2)9-15/h6-7,10H,3-5,8-9H2,1-2H3,(H,16,17)(H,18,19). The molecule has 1 saturated carbocycles. The van der Waals surface area contributed by atoms with Crippen molar-refractivity contribution < 1.29 is 19.1 Å². The van der Waals surface area contributed by atoms with Gasteiger partial charge < -0.3 is 14.8 Å². The van der Waals surface area contributed by atoms with Gasteiger partial charge >= 0.3 is 5.97 Å². The fourth-order valence-corrected chi connectivity index (χ4v) is 2.88. The molecule has 0 spiro atoms. The lowest BCUT2D eigenvalue weighted by atomic mass is 9.76. The van der Waals surface area contributed by atoms with Gasteiger partial charge in [-0.25, -0.2) is 4.79 Å². The minimum absolute atomic E-state index is 0.181. The summed E-state index contributed by atoms with van der Waals surface area (Å²) in [5.74, 6) is -0.207. The van der Waals surface area contributed by atoms with E-state index in [0.717, 1.165) is 18.6 Å². The van der Waals surface area contributed by atoms with Crippen LogP contribution in [0.2, 0.25) is 0 Å². The molecule has 1 heterocycles. The number of amides is 1. The van der Waals surface area contributed by atoms with Crippen LogP contribution in [0.1, 0.15) is 55.8 Å². The Morgan fingerprint density at radius 2 is 2.25 bits per heavy atom. The van der Waals surface area contributed by atoms with Gasteiger partial charge in [-0.15, -0.1) is 0 Å². The zero-order chi connectivity index (χ0) is 14.8. The van der Waals surface area contributed by atoms with Crippen LogP contribution in [0.25, 0.3) is 0 Å². The molecule has 1 aliphatic carbocycles. The van der Waals surface area contributed by atoms with Crippen molar-refractivity contribution in [2.75, 3.05) is 0 Å². The minimum atomic E-state index is -1.16. The highest BCUT2D eigenvalue weighted by Gasteiger charge is 2.43. The minimum Gasteiger partial charge on any atom is -0.480 e. The van der Waals surface area contributed by atoms with Crippen LogP contribution in [-0.4, -0.2) is 22.5 Å². The second-order valence-corrected chi connectivity index (χ2v) is 5.66. The molecular weight excluding hydrogens is 258 g/mol. The number of hydrogen-bond acceptors (Lipinski definition) is 3. The van der Waals surface area contributed by atoms with Crippen molar-refractivity contribution in [2.45, 2.75) is 51.5 Å². The van der Waals surface area contributed by atoms with E-state index in [1.807, 2.05) is 13.8 Å². The summed E-state index contributed by atoms with van der Waals surface area (Å²) in [6, 6.07) is 3.34. The smallest absolute Gasteiger partial charge is 0.329 e. The van der Waals surface area contributed by atoms with Crippen LogP contribution in [0.5, 0.6) is 0 Å². The summed E-state index contributed by atoms with van der Waals surface area (Å²) in [6.45, 7) is 3.95. The molecule has 5 heteroatoms. The van der Waals surface area contributed by atoms with E-state index in [1.54, 1.807) is 12.1 Å². The van der Waals surface area contributed by atoms with Crippen molar-refractivity contribution in [3.63, 3.8) is 0 Å². The fraction of sp³-hybridized carbons (Fsp3) is 0.600. The quantitative estimate of drug-likeness (QED) is 0.887. The zero-order valence-corrected chi connectivity index (χ0v) is 11.9. The Bertz CT molecular complexity index is 508. The van der Waals surface area contributed by atoms with Crippen LogP contribution >= 0.6 is 0 Å². The molecule has 1 amide bonds. The molecule has 2 unspecified atom stereocenters. The van der Waals surface area contributed by atoms with Crippen molar-refractivity contribution in [3.05, 3.63) is 23.7 Å². The monoisotopic (exact) mass is 279 g/mol. The average Bonchev–Trinajstić information content (AvgIpc) is 2.87. The molecule has 1 fully saturated rings. The summed E-state index contributed by atoms with van der Waals surface area (Å²) in [5.41, 5.74) is -1.16. The summed E-state index contributed by atoms with van der Waals surface area (Å²) in [6.07, 6.45) is 3.46. The number of hydrogen-bond donors (Lipinski definition) is 2. The number of carboxylic acid groups (broad SMARTS) is 1. The van der Waals surface area contributed by atoms with Crippen molar-refractivity contribution in [1.29, 1.82) is 0 Å².